The van der Waals surface area contributed by atoms with Crippen molar-refractivity contribution in [2.75, 3.05) is 36.9 Å². The van der Waals surface area contributed by atoms with Crippen molar-refractivity contribution in [3.05, 3.63) is 53.7 Å². The minimum atomic E-state index is 0.0535. The van der Waals surface area contributed by atoms with Crippen LogP contribution in [0.3, 0.4) is 0 Å². The molecule has 1 amide bonds. The number of benzene rings is 1. The van der Waals surface area contributed by atoms with E-state index < -0.39 is 0 Å². The van der Waals surface area contributed by atoms with Gasteiger partial charge in [-0.25, -0.2) is 4.98 Å². The molecule has 2 aromatic rings. The molecule has 1 unspecified atom stereocenters. The molecule has 2 heterocycles. The maximum atomic E-state index is 12.0. The Kier molecular flexibility index (Phi) is 7.05. The Morgan fingerprint density at radius 1 is 1.21 bits per heavy atom. The Labute approximate surface area is 172 Å². The fourth-order valence-corrected chi connectivity index (χ4v) is 3.57. The number of fused-ring (bicyclic) bond motifs is 1. The molecular weight excluding hydrogens is 364 g/mol. The molecule has 3 rings (SSSR count). The van der Waals surface area contributed by atoms with Crippen LogP contribution in [-0.2, 0) is 11.3 Å². The summed E-state index contributed by atoms with van der Waals surface area (Å²) in [5, 5.41) is 9.61. The average Bonchev–Trinajstić information content (AvgIpc) is 2.75. The molecule has 0 fully saturated rings. The summed E-state index contributed by atoms with van der Waals surface area (Å²) in [6.07, 6.45) is 2.37. The third-order valence-corrected chi connectivity index (χ3v) is 5.20. The zero-order chi connectivity index (χ0) is 20.6. The van der Waals surface area contributed by atoms with Crippen LogP contribution in [0, 0.1) is 0 Å². The second-order valence-electron chi connectivity index (χ2n) is 7.04. The van der Waals surface area contributed by atoms with Crippen LogP contribution >= 0.6 is 0 Å². The van der Waals surface area contributed by atoms with Gasteiger partial charge in [0.15, 0.2) is 5.96 Å². The highest BCUT2D eigenvalue weighted by Crippen LogP contribution is 2.31. The molecular formula is C22H30N6O. The fraction of sp³-hybridized carbons (Fsp3) is 0.409. The lowest BCUT2D eigenvalue weighted by atomic mass is 9.90. The van der Waals surface area contributed by atoms with E-state index >= 15 is 0 Å². The Balaban J connectivity index is 1.55. The number of hydrogen-bond acceptors (Lipinski definition) is 4. The number of anilines is 2. The lowest BCUT2D eigenvalue weighted by Crippen LogP contribution is -2.40. The summed E-state index contributed by atoms with van der Waals surface area (Å²) in [6.45, 7) is 7.42. The third kappa shape index (κ3) is 5.25. The largest absolute Gasteiger partial charge is 0.357 e. The van der Waals surface area contributed by atoms with Crippen molar-refractivity contribution < 1.29 is 4.79 Å². The van der Waals surface area contributed by atoms with Gasteiger partial charge in [-0.05, 0) is 37.1 Å². The first-order chi connectivity index (χ1) is 14.1. The second-order valence-corrected chi connectivity index (χ2v) is 7.04. The van der Waals surface area contributed by atoms with E-state index in [1.54, 1.807) is 7.05 Å². The van der Waals surface area contributed by atoms with Gasteiger partial charge in [-0.1, -0.05) is 24.3 Å². The number of aliphatic imine (C=N–C) groups is 1. The van der Waals surface area contributed by atoms with E-state index in [2.05, 4.69) is 62.9 Å². The first-order valence-electron chi connectivity index (χ1n) is 10.2. The number of nitrogens with one attached hydrogen (secondary N) is 3. The molecule has 3 N–H and O–H groups in total. The van der Waals surface area contributed by atoms with Gasteiger partial charge in [-0.2, -0.15) is 0 Å². The predicted molar refractivity (Wildman–Crippen MR) is 118 cm³/mol. The number of amides is 1. The van der Waals surface area contributed by atoms with E-state index in [-0.39, 0.29) is 11.8 Å². The van der Waals surface area contributed by atoms with E-state index in [9.17, 15) is 4.79 Å². The zero-order valence-corrected chi connectivity index (χ0v) is 17.4. The van der Waals surface area contributed by atoms with Gasteiger partial charge in [0.1, 0.15) is 5.82 Å². The molecule has 0 aliphatic carbocycles. The minimum Gasteiger partial charge on any atom is -0.357 e. The van der Waals surface area contributed by atoms with Crippen LogP contribution in [0.5, 0.6) is 0 Å². The van der Waals surface area contributed by atoms with Crippen molar-refractivity contribution in [2.24, 2.45) is 4.99 Å². The number of para-hydroxylation sites is 1. The predicted octanol–water partition coefficient (Wildman–Crippen LogP) is 2.72. The second kappa shape index (κ2) is 9.91. The molecule has 0 radical (unpaired) electrons. The number of aromatic nitrogens is 1. The van der Waals surface area contributed by atoms with Crippen molar-refractivity contribution in [1.82, 2.24) is 15.6 Å². The molecule has 1 aromatic heterocycles. The van der Waals surface area contributed by atoms with Gasteiger partial charge in [0.2, 0.25) is 5.91 Å². The zero-order valence-electron chi connectivity index (χ0n) is 17.4. The minimum absolute atomic E-state index is 0.0535. The number of carbonyl (C=O) groups excluding carboxylic acids is 1. The van der Waals surface area contributed by atoms with Crippen LogP contribution in [0.1, 0.15) is 37.3 Å². The van der Waals surface area contributed by atoms with Gasteiger partial charge in [0.25, 0.3) is 0 Å². The Morgan fingerprint density at radius 2 is 2.00 bits per heavy atom. The Bertz CT molecular complexity index is 845. The summed E-state index contributed by atoms with van der Waals surface area (Å²) >= 11 is 0. The summed E-state index contributed by atoms with van der Waals surface area (Å²) in [5.74, 6) is 1.88. The molecule has 0 saturated carbocycles. The Morgan fingerprint density at radius 3 is 2.69 bits per heavy atom. The number of nitrogens with zero attached hydrogens (tertiary/aromatic N) is 3. The molecule has 1 aromatic carbocycles. The van der Waals surface area contributed by atoms with E-state index in [0.29, 0.717) is 25.5 Å². The highest BCUT2D eigenvalue weighted by Gasteiger charge is 2.24. The molecule has 0 spiro atoms. The monoisotopic (exact) mass is 394 g/mol. The highest BCUT2D eigenvalue weighted by atomic mass is 16.1. The quantitative estimate of drug-likeness (QED) is 0.497. The van der Waals surface area contributed by atoms with Crippen molar-refractivity contribution in [1.29, 1.82) is 0 Å². The van der Waals surface area contributed by atoms with E-state index in [0.717, 1.165) is 35.7 Å². The van der Waals surface area contributed by atoms with Crippen molar-refractivity contribution in [3.63, 3.8) is 0 Å². The first kappa shape index (κ1) is 20.6. The molecule has 1 aliphatic heterocycles. The number of rotatable bonds is 7. The van der Waals surface area contributed by atoms with Crippen molar-refractivity contribution >= 4 is 23.4 Å². The number of guanidine groups is 1. The van der Waals surface area contributed by atoms with Gasteiger partial charge in [0, 0.05) is 57.4 Å². The van der Waals surface area contributed by atoms with Gasteiger partial charge in [-0.3, -0.25) is 9.79 Å². The fourth-order valence-electron chi connectivity index (χ4n) is 3.57. The normalized spacial score (nSPS) is 16.0. The maximum Gasteiger partial charge on any atom is 0.225 e. The van der Waals surface area contributed by atoms with Crippen molar-refractivity contribution in [2.45, 2.75) is 32.7 Å². The molecule has 7 heteroatoms. The highest BCUT2D eigenvalue weighted by molar-refractivity contribution is 5.94. The molecule has 0 bridgehead atoms. The van der Waals surface area contributed by atoms with Crippen LogP contribution in [0.25, 0.3) is 0 Å². The number of carbonyl (C=O) groups is 1. The number of hydrogen-bond donors (Lipinski definition) is 3. The lowest BCUT2D eigenvalue weighted by Gasteiger charge is -2.26. The summed E-state index contributed by atoms with van der Waals surface area (Å²) < 4.78 is 0. The first-order valence-corrected chi connectivity index (χ1v) is 10.2. The molecule has 154 valence electrons. The maximum absolute atomic E-state index is 12.0. The topological polar surface area (TPSA) is 81.6 Å². The van der Waals surface area contributed by atoms with Gasteiger partial charge in [0.05, 0.1) is 0 Å². The summed E-state index contributed by atoms with van der Waals surface area (Å²) in [5.41, 5.74) is 3.15. The van der Waals surface area contributed by atoms with E-state index in [1.807, 2.05) is 24.4 Å². The molecule has 7 nitrogen and oxygen atoms in total. The molecule has 0 saturated heterocycles. The number of pyridine rings is 1. The van der Waals surface area contributed by atoms with Gasteiger partial charge < -0.3 is 20.9 Å². The molecule has 1 aliphatic rings. The van der Waals surface area contributed by atoms with Gasteiger partial charge >= 0.3 is 0 Å². The van der Waals surface area contributed by atoms with Gasteiger partial charge in [-0.15, -0.1) is 0 Å². The standard InChI is InChI=1S/C22H30N6O/c1-4-28(5-2)20-11-10-16(13-24-20)14-25-22(23-3)26-15-17-12-21(29)27-19-9-7-6-8-18(17)19/h6-11,13,17H,4-5,12,14-15H2,1-3H3,(H,27,29)(H2,23,25,26). The third-order valence-electron chi connectivity index (χ3n) is 5.20. The van der Waals surface area contributed by atoms with Crippen LogP contribution < -0.4 is 20.9 Å². The molecule has 1 atom stereocenters. The Hall–Kier alpha value is -3.09. The van der Waals surface area contributed by atoms with Crippen LogP contribution in [0.2, 0.25) is 0 Å². The van der Waals surface area contributed by atoms with E-state index in [4.69, 9.17) is 0 Å². The smallest absolute Gasteiger partial charge is 0.225 e. The van der Waals surface area contributed by atoms with Crippen LogP contribution in [0.15, 0.2) is 47.6 Å². The van der Waals surface area contributed by atoms with Crippen molar-refractivity contribution in [3.8, 4) is 0 Å². The summed E-state index contributed by atoms with van der Waals surface area (Å²) in [7, 11) is 1.75. The van der Waals surface area contributed by atoms with E-state index in [1.165, 1.54) is 0 Å². The summed E-state index contributed by atoms with van der Waals surface area (Å²) in [6, 6.07) is 12.1. The van der Waals surface area contributed by atoms with Crippen LogP contribution in [-0.4, -0.2) is 43.5 Å². The SMILES string of the molecule is CCN(CC)c1ccc(CNC(=NC)NCC2CC(=O)Nc3ccccc32)cn1. The molecule has 29 heavy (non-hydrogen) atoms. The average molecular weight is 395 g/mol. The van der Waals surface area contributed by atoms with Crippen LogP contribution in [0.4, 0.5) is 11.5 Å². The lowest BCUT2D eigenvalue weighted by molar-refractivity contribution is -0.116. The summed E-state index contributed by atoms with van der Waals surface area (Å²) in [4.78, 5) is 23.1.